The van der Waals surface area contributed by atoms with Crippen LogP contribution in [0.4, 0.5) is 24.5 Å². The maximum absolute atomic E-state index is 13.0. The molecule has 2 aromatic carbocycles. The molecule has 10 heteroatoms. The summed E-state index contributed by atoms with van der Waals surface area (Å²) in [6, 6.07) is 14.4. The number of aromatic nitrogens is 2. The Morgan fingerprint density at radius 1 is 0.974 bits per heavy atom. The number of anilines is 2. The van der Waals surface area contributed by atoms with E-state index in [0.717, 1.165) is 92.3 Å². The summed E-state index contributed by atoms with van der Waals surface area (Å²) in [7, 11) is 0. The summed E-state index contributed by atoms with van der Waals surface area (Å²) in [5.74, 6) is -0.244. The van der Waals surface area contributed by atoms with Gasteiger partial charge in [0.25, 0.3) is 5.91 Å². The van der Waals surface area contributed by atoms with Crippen molar-refractivity contribution in [3.05, 3.63) is 71.0 Å². The molecule has 3 aliphatic heterocycles. The van der Waals surface area contributed by atoms with Crippen molar-refractivity contribution in [2.45, 2.75) is 52.1 Å². The molecule has 4 heterocycles. The van der Waals surface area contributed by atoms with E-state index in [9.17, 15) is 18.0 Å². The molecule has 1 spiro atoms. The molecule has 3 aliphatic rings. The minimum Gasteiger partial charge on any atom is -0.406 e. The van der Waals surface area contributed by atoms with Gasteiger partial charge in [-0.15, -0.1) is 13.2 Å². The quantitative estimate of drug-likeness (QED) is 0.461. The number of amides is 1. The Morgan fingerprint density at radius 2 is 1.59 bits per heavy atom. The molecule has 0 bridgehead atoms. The molecule has 2 saturated heterocycles. The Kier molecular flexibility index (Phi) is 6.43. The second-order valence-electron chi connectivity index (χ2n) is 10.9. The van der Waals surface area contributed by atoms with Crippen LogP contribution in [0.15, 0.2) is 48.5 Å². The number of alkyl halides is 3. The summed E-state index contributed by atoms with van der Waals surface area (Å²) in [4.78, 5) is 17.6. The highest BCUT2D eigenvalue weighted by molar-refractivity contribution is 5.96. The average molecular weight is 540 g/mol. The van der Waals surface area contributed by atoms with Gasteiger partial charge in [0, 0.05) is 56.1 Å². The number of halogens is 3. The molecule has 0 radical (unpaired) electrons. The summed E-state index contributed by atoms with van der Waals surface area (Å²) in [5.41, 5.74) is 6.04. The van der Waals surface area contributed by atoms with Gasteiger partial charge in [-0.1, -0.05) is 19.1 Å². The van der Waals surface area contributed by atoms with Gasteiger partial charge in [0.1, 0.15) is 5.75 Å². The Hall–Kier alpha value is -3.69. The van der Waals surface area contributed by atoms with Crippen LogP contribution in [-0.4, -0.2) is 48.2 Å². The summed E-state index contributed by atoms with van der Waals surface area (Å²) in [6.45, 7) is 7.05. The first-order valence-corrected chi connectivity index (χ1v) is 13.5. The zero-order valence-electron chi connectivity index (χ0n) is 21.9. The molecule has 39 heavy (non-hydrogen) atoms. The van der Waals surface area contributed by atoms with Crippen molar-refractivity contribution in [1.82, 2.24) is 15.1 Å². The van der Waals surface area contributed by atoms with Crippen LogP contribution in [0.5, 0.6) is 5.75 Å². The standard InChI is InChI=1S/C29H32F3N5O2/c1-2-24-26(25-5-3-4-14-37(25)34-24)27(38)33-15-20-6-8-21(9-7-20)35-16-28(17-35)18-36(19-28)22-10-12-23(13-11-22)39-29(30,31)32/h6-13H,2-5,14-19H2,1H3,(H,33,38). The molecule has 1 aromatic heterocycles. The van der Waals surface area contributed by atoms with Crippen LogP contribution < -0.4 is 19.9 Å². The van der Waals surface area contributed by atoms with Crippen molar-refractivity contribution in [2.24, 2.45) is 5.41 Å². The highest BCUT2D eigenvalue weighted by atomic mass is 19.4. The highest BCUT2D eigenvalue weighted by Crippen LogP contribution is 2.44. The number of fused-ring (bicyclic) bond motifs is 1. The van der Waals surface area contributed by atoms with E-state index >= 15 is 0 Å². The summed E-state index contributed by atoms with van der Waals surface area (Å²) in [5, 5.41) is 7.75. The van der Waals surface area contributed by atoms with E-state index in [1.54, 1.807) is 12.1 Å². The second kappa shape index (κ2) is 9.81. The lowest BCUT2D eigenvalue weighted by molar-refractivity contribution is -0.274. The predicted molar refractivity (Wildman–Crippen MR) is 142 cm³/mol. The third-order valence-corrected chi connectivity index (χ3v) is 8.02. The molecule has 1 N–H and O–H groups in total. The number of carbonyl (C=O) groups is 1. The molecule has 7 nitrogen and oxygen atoms in total. The SMILES string of the molecule is CCc1nn2c(c1C(=O)NCc1ccc(N3CC4(C3)CN(c3ccc(OC(F)(F)F)cc3)C4)cc1)CCCC2. The Morgan fingerprint density at radius 3 is 2.18 bits per heavy atom. The van der Waals surface area contributed by atoms with Gasteiger partial charge in [0.2, 0.25) is 0 Å². The van der Waals surface area contributed by atoms with E-state index in [0.29, 0.717) is 6.54 Å². The molecule has 3 aromatic rings. The van der Waals surface area contributed by atoms with Crippen LogP contribution >= 0.6 is 0 Å². The van der Waals surface area contributed by atoms with Crippen molar-refractivity contribution in [3.63, 3.8) is 0 Å². The minimum absolute atomic E-state index is 0.0409. The number of benzene rings is 2. The number of hydrogen-bond acceptors (Lipinski definition) is 5. The number of carbonyl (C=O) groups excluding carboxylic acids is 1. The fourth-order valence-corrected chi connectivity index (χ4v) is 6.10. The molecule has 206 valence electrons. The summed E-state index contributed by atoms with van der Waals surface area (Å²) >= 11 is 0. The molecule has 0 saturated carbocycles. The molecule has 0 atom stereocenters. The molecular formula is C29H32F3N5O2. The maximum Gasteiger partial charge on any atom is 0.573 e. The molecule has 6 rings (SSSR count). The van der Waals surface area contributed by atoms with Crippen molar-refractivity contribution >= 4 is 17.3 Å². The first kappa shape index (κ1) is 25.6. The van der Waals surface area contributed by atoms with Gasteiger partial charge in [-0.3, -0.25) is 9.48 Å². The minimum atomic E-state index is -4.68. The van der Waals surface area contributed by atoms with Crippen LogP contribution in [0.1, 0.15) is 47.1 Å². The fraction of sp³-hybridized carbons (Fsp3) is 0.448. The van der Waals surface area contributed by atoms with E-state index in [4.69, 9.17) is 0 Å². The fourth-order valence-electron chi connectivity index (χ4n) is 6.10. The van der Waals surface area contributed by atoms with Crippen LogP contribution in [0.3, 0.4) is 0 Å². The van der Waals surface area contributed by atoms with E-state index in [1.807, 2.05) is 11.6 Å². The van der Waals surface area contributed by atoms with E-state index < -0.39 is 6.36 Å². The van der Waals surface area contributed by atoms with Gasteiger partial charge < -0.3 is 19.9 Å². The monoisotopic (exact) mass is 539 g/mol. The second-order valence-corrected chi connectivity index (χ2v) is 10.9. The maximum atomic E-state index is 13.0. The van der Waals surface area contributed by atoms with Gasteiger partial charge >= 0.3 is 6.36 Å². The summed E-state index contributed by atoms with van der Waals surface area (Å²) < 4.78 is 43.1. The molecule has 0 aliphatic carbocycles. The Labute approximate surface area is 225 Å². The third-order valence-electron chi connectivity index (χ3n) is 8.02. The first-order valence-electron chi connectivity index (χ1n) is 13.5. The smallest absolute Gasteiger partial charge is 0.406 e. The predicted octanol–water partition coefficient (Wildman–Crippen LogP) is 4.94. The van der Waals surface area contributed by atoms with Gasteiger partial charge in [0.05, 0.1) is 17.0 Å². The molecule has 2 fully saturated rings. The van der Waals surface area contributed by atoms with E-state index in [2.05, 4.69) is 49.2 Å². The van der Waals surface area contributed by atoms with Crippen LogP contribution in [0.25, 0.3) is 0 Å². The van der Waals surface area contributed by atoms with Crippen molar-refractivity contribution in [2.75, 3.05) is 36.0 Å². The number of ether oxygens (including phenoxy) is 1. The van der Waals surface area contributed by atoms with Crippen molar-refractivity contribution in [3.8, 4) is 5.75 Å². The zero-order chi connectivity index (χ0) is 27.2. The normalized spacial score (nSPS) is 17.8. The van der Waals surface area contributed by atoms with Crippen molar-refractivity contribution in [1.29, 1.82) is 0 Å². The first-order chi connectivity index (χ1) is 18.7. The van der Waals surface area contributed by atoms with Gasteiger partial charge in [-0.25, -0.2) is 0 Å². The lowest BCUT2D eigenvalue weighted by Crippen LogP contribution is -2.72. The number of aryl methyl sites for hydroxylation is 2. The number of rotatable bonds is 7. The van der Waals surface area contributed by atoms with Crippen LogP contribution in [-0.2, 0) is 25.9 Å². The average Bonchev–Trinajstić information content (AvgIpc) is 3.25. The Bertz CT molecular complexity index is 1340. The van der Waals surface area contributed by atoms with Crippen LogP contribution in [0.2, 0.25) is 0 Å². The van der Waals surface area contributed by atoms with Gasteiger partial charge in [-0.05, 0) is 67.6 Å². The van der Waals surface area contributed by atoms with E-state index in [1.165, 1.54) is 12.1 Å². The lowest BCUT2D eigenvalue weighted by Gasteiger charge is -2.61. The third kappa shape index (κ3) is 5.16. The largest absolute Gasteiger partial charge is 0.573 e. The Balaban J connectivity index is 0.989. The molecule has 1 amide bonds. The highest BCUT2D eigenvalue weighted by Gasteiger charge is 2.51. The zero-order valence-corrected chi connectivity index (χ0v) is 21.9. The number of hydrogen-bond donors (Lipinski definition) is 1. The topological polar surface area (TPSA) is 62.6 Å². The van der Waals surface area contributed by atoms with Gasteiger partial charge in [-0.2, -0.15) is 5.10 Å². The van der Waals surface area contributed by atoms with Crippen LogP contribution in [0, 0.1) is 5.41 Å². The number of nitrogens with zero attached hydrogens (tertiary/aromatic N) is 4. The summed E-state index contributed by atoms with van der Waals surface area (Å²) in [6.07, 6.45) is -0.818. The van der Waals surface area contributed by atoms with Crippen molar-refractivity contribution < 1.29 is 22.7 Å². The van der Waals surface area contributed by atoms with E-state index in [-0.39, 0.29) is 17.1 Å². The number of nitrogens with one attached hydrogen (secondary N) is 1. The molecular weight excluding hydrogens is 507 g/mol. The lowest BCUT2D eigenvalue weighted by atomic mass is 9.72. The molecule has 0 unspecified atom stereocenters. The van der Waals surface area contributed by atoms with Gasteiger partial charge in [0.15, 0.2) is 0 Å².